The molecule has 0 aliphatic rings. The SMILES string of the molecule is C=CCc1cccc(Cl)c1N. The van der Waals surface area contributed by atoms with Crippen LogP contribution in [0.1, 0.15) is 5.56 Å². The standard InChI is InChI=1S/C9H10ClN/c1-2-4-7-5-3-6-8(10)9(7)11/h2-3,5-6H,1,4,11H2. The maximum atomic E-state index is 5.79. The van der Waals surface area contributed by atoms with E-state index in [1.54, 1.807) is 6.07 Å². The molecule has 1 rings (SSSR count). The Bertz CT molecular complexity index is 268. The molecule has 0 saturated carbocycles. The topological polar surface area (TPSA) is 26.0 Å². The van der Waals surface area contributed by atoms with Crippen molar-refractivity contribution in [1.82, 2.24) is 0 Å². The fraction of sp³-hybridized carbons (Fsp3) is 0.111. The molecule has 2 N–H and O–H groups in total. The zero-order chi connectivity index (χ0) is 8.27. The van der Waals surface area contributed by atoms with Gasteiger partial charge in [-0.2, -0.15) is 0 Å². The molecular formula is C9H10ClN. The number of hydrogen-bond donors (Lipinski definition) is 1. The molecule has 0 unspecified atom stereocenters. The summed E-state index contributed by atoms with van der Waals surface area (Å²) in [6.45, 7) is 3.63. The molecule has 0 aliphatic carbocycles. The number of halogens is 1. The molecule has 0 aliphatic heterocycles. The highest BCUT2D eigenvalue weighted by Gasteiger charge is 1.99. The quantitative estimate of drug-likeness (QED) is 0.532. The first-order chi connectivity index (χ1) is 5.25. The van der Waals surface area contributed by atoms with Crippen molar-refractivity contribution in [2.75, 3.05) is 5.73 Å². The summed E-state index contributed by atoms with van der Waals surface area (Å²) < 4.78 is 0. The van der Waals surface area contributed by atoms with Crippen molar-refractivity contribution in [3.05, 3.63) is 41.4 Å². The van der Waals surface area contributed by atoms with E-state index in [4.69, 9.17) is 17.3 Å². The number of para-hydroxylation sites is 1. The summed E-state index contributed by atoms with van der Waals surface area (Å²) in [5.74, 6) is 0. The summed E-state index contributed by atoms with van der Waals surface area (Å²) in [6, 6.07) is 5.61. The minimum atomic E-state index is 0.615. The van der Waals surface area contributed by atoms with Crippen LogP contribution >= 0.6 is 11.6 Å². The molecule has 1 aromatic carbocycles. The normalized spacial score (nSPS) is 9.55. The Labute approximate surface area is 71.5 Å². The molecule has 1 nitrogen and oxygen atoms in total. The predicted octanol–water partition coefficient (Wildman–Crippen LogP) is 2.65. The van der Waals surface area contributed by atoms with Crippen molar-refractivity contribution in [1.29, 1.82) is 0 Å². The molecule has 0 aromatic heterocycles. The van der Waals surface area contributed by atoms with Crippen molar-refractivity contribution in [3.8, 4) is 0 Å². The molecule has 0 saturated heterocycles. The third kappa shape index (κ3) is 1.75. The number of allylic oxidation sites excluding steroid dienone is 1. The zero-order valence-corrected chi connectivity index (χ0v) is 6.93. The molecule has 0 radical (unpaired) electrons. The zero-order valence-electron chi connectivity index (χ0n) is 6.18. The first-order valence-electron chi connectivity index (χ1n) is 3.39. The fourth-order valence-electron chi connectivity index (χ4n) is 0.915. The molecule has 11 heavy (non-hydrogen) atoms. The van der Waals surface area contributed by atoms with E-state index in [-0.39, 0.29) is 0 Å². The van der Waals surface area contributed by atoms with Crippen molar-refractivity contribution >= 4 is 17.3 Å². The lowest BCUT2D eigenvalue weighted by molar-refractivity contribution is 1.28. The van der Waals surface area contributed by atoms with Gasteiger partial charge in [0.05, 0.1) is 10.7 Å². The molecule has 0 spiro atoms. The van der Waals surface area contributed by atoms with Gasteiger partial charge in [-0.3, -0.25) is 0 Å². The van der Waals surface area contributed by atoms with E-state index in [1.807, 2.05) is 18.2 Å². The average molecular weight is 168 g/mol. The number of benzene rings is 1. The second-order valence-corrected chi connectivity index (χ2v) is 2.71. The van der Waals surface area contributed by atoms with Gasteiger partial charge in [-0.25, -0.2) is 0 Å². The molecule has 0 atom stereocenters. The smallest absolute Gasteiger partial charge is 0.0638 e. The Morgan fingerprint density at radius 1 is 1.55 bits per heavy atom. The van der Waals surface area contributed by atoms with Gasteiger partial charge in [-0.15, -0.1) is 6.58 Å². The molecule has 2 heteroatoms. The maximum absolute atomic E-state index is 5.79. The summed E-state index contributed by atoms with van der Waals surface area (Å²) in [5, 5.41) is 0.615. The van der Waals surface area contributed by atoms with Crippen LogP contribution in [-0.4, -0.2) is 0 Å². The first-order valence-corrected chi connectivity index (χ1v) is 3.77. The van der Waals surface area contributed by atoms with Crippen molar-refractivity contribution in [2.45, 2.75) is 6.42 Å². The van der Waals surface area contributed by atoms with Crippen LogP contribution in [0.15, 0.2) is 30.9 Å². The van der Waals surface area contributed by atoms with Gasteiger partial charge in [-0.1, -0.05) is 29.8 Å². The van der Waals surface area contributed by atoms with Crippen LogP contribution in [0, 0.1) is 0 Å². The van der Waals surface area contributed by atoms with E-state index < -0.39 is 0 Å². The number of nitrogens with two attached hydrogens (primary N) is 1. The summed E-state index contributed by atoms with van der Waals surface area (Å²) in [4.78, 5) is 0. The monoisotopic (exact) mass is 167 g/mol. The molecule has 0 bridgehead atoms. The fourth-order valence-corrected chi connectivity index (χ4v) is 1.11. The number of rotatable bonds is 2. The first kappa shape index (κ1) is 8.15. The summed E-state index contributed by atoms with van der Waals surface area (Å²) in [7, 11) is 0. The lowest BCUT2D eigenvalue weighted by Crippen LogP contribution is -1.93. The van der Waals surface area contributed by atoms with E-state index in [9.17, 15) is 0 Å². The highest BCUT2D eigenvalue weighted by molar-refractivity contribution is 6.33. The second kappa shape index (κ2) is 3.44. The minimum absolute atomic E-state index is 0.615. The van der Waals surface area contributed by atoms with Crippen LogP contribution in [0.4, 0.5) is 5.69 Å². The maximum Gasteiger partial charge on any atom is 0.0638 e. The summed E-state index contributed by atoms with van der Waals surface area (Å²) in [6.07, 6.45) is 2.58. The third-order valence-electron chi connectivity index (χ3n) is 1.51. The molecule has 0 amide bonds. The van der Waals surface area contributed by atoms with Gasteiger partial charge in [-0.05, 0) is 18.1 Å². The number of nitrogen functional groups attached to an aromatic ring is 1. The van der Waals surface area contributed by atoms with E-state index >= 15 is 0 Å². The summed E-state index contributed by atoms with van der Waals surface area (Å²) in [5.41, 5.74) is 7.38. The Morgan fingerprint density at radius 3 is 2.91 bits per heavy atom. The van der Waals surface area contributed by atoms with E-state index in [0.717, 1.165) is 12.0 Å². The molecule has 1 aromatic rings. The van der Waals surface area contributed by atoms with Gasteiger partial charge in [0.15, 0.2) is 0 Å². The number of hydrogen-bond acceptors (Lipinski definition) is 1. The van der Waals surface area contributed by atoms with E-state index in [2.05, 4.69) is 6.58 Å². The van der Waals surface area contributed by atoms with Gasteiger partial charge in [0.2, 0.25) is 0 Å². The molecule has 58 valence electrons. The molecule has 0 heterocycles. The van der Waals surface area contributed by atoms with Gasteiger partial charge in [0.1, 0.15) is 0 Å². The van der Waals surface area contributed by atoms with Crippen molar-refractivity contribution in [2.24, 2.45) is 0 Å². The summed E-state index contributed by atoms with van der Waals surface area (Å²) >= 11 is 5.79. The highest BCUT2D eigenvalue weighted by Crippen LogP contribution is 2.22. The largest absolute Gasteiger partial charge is 0.397 e. The number of anilines is 1. The van der Waals surface area contributed by atoms with E-state index in [0.29, 0.717) is 10.7 Å². The van der Waals surface area contributed by atoms with Crippen molar-refractivity contribution in [3.63, 3.8) is 0 Å². The average Bonchev–Trinajstić information content (AvgIpc) is 1.99. The van der Waals surface area contributed by atoms with Crippen LogP contribution in [0.25, 0.3) is 0 Å². The van der Waals surface area contributed by atoms with Gasteiger partial charge < -0.3 is 5.73 Å². The Kier molecular flexibility index (Phi) is 2.55. The van der Waals surface area contributed by atoms with Gasteiger partial charge >= 0.3 is 0 Å². The third-order valence-corrected chi connectivity index (χ3v) is 1.84. The lowest BCUT2D eigenvalue weighted by Gasteiger charge is -2.03. The van der Waals surface area contributed by atoms with Crippen molar-refractivity contribution < 1.29 is 0 Å². The van der Waals surface area contributed by atoms with E-state index in [1.165, 1.54) is 0 Å². The Hall–Kier alpha value is -0.950. The van der Waals surface area contributed by atoms with Crippen LogP contribution in [0.5, 0.6) is 0 Å². The van der Waals surface area contributed by atoms with Gasteiger partial charge in [0, 0.05) is 0 Å². The Balaban J connectivity index is 3.05. The highest BCUT2D eigenvalue weighted by atomic mass is 35.5. The lowest BCUT2D eigenvalue weighted by atomic mass is 10.1. The van der Waals surface area contributed by atoms with Crippen LogP contribution in [-0.2, 0) is 6.42 Å². The molecule has 0 fully saturated rings. The predicted molar refractivity (Wildman–Crippen MR) is 49.8 cm³/mol. The molecular weight excluding hydrogens is 158 g/mol. The van der Waals surface area contributed by atoms with Crippen LogP contribution in [0.3, 0.4) is 0 Å². The van der Waals surface area contributed by atoms with Crippen LogP contribution in [0.2, 0.25) is 5.02 Å². The Morgan fingerprint density at radius 2 is 2.27 bits per heavy atom. The van der Waals surface area contributed by atoms with Crippen LogP contribution < -0.4 is 5.73 Å². The van der Waals surface area contributed by atoms with Gasteiger partial charge in [0.25, 0.3) is 0 Å². The minimum Gasteiger partial charge on any atom is -0.397 e. The second-order valence-electron chi connectivity index (χ2n) is 2.31.